The van der Waals surface area contributed by atoms with Gasteiger partial charge in [-0.25, -0.2) is 0 Å². The molecule has 0 aliphatic carbocycles. The van der Waals surface area contributed by atoms with Crippen LogP contribution in [0.3, 0.4) is 0 Å². The molecule has 1 aromatic rings. The zero-order chi connectivity index (χ0) is 9.10. The number of hydrogen-bond acceptors (Lipinski definition) is 1. The first kappa shape index (κ1) is 11.9. The molecule has 1 heterocycles. The van der Waals surface area contributed by atoms with Crippen molar-refractivity contribution in [2.24, 2.45) is 0 Å². The third kappa shape index (κ3) is 2.66. The Balaban J connectivity index is 0.000000980. The zero-order valence-electron chi connectivity index (χ0n) is 8.27. The maximum atomic E-state index is 4.55. The molecule has 1 saturated heterocycles. The fourth-order valence-corrected chi connectivity index (χ4v) is 1.70. The van der Waals surface area contributed by atoms with E-state index in [1.54, 1.807) is 0 Å². The summed E-state index contributed by atoms with van der Waals surface area (Å²) in [6, 6.07) is 8.44. The van der Waals surface area contributed by atoms with E-state index in [0.29, 0.717) is 0 Å². The van der Waals surface area contributed by atoms with Gasteiger partial charge in [-0.1, -0.05) is 36.9 Å². The Hall–Kier alpha value is -0.172. The molecule has 1 N–H and O–H groups in total. The molecule has 0 spiro atoms. The minimum Gasteiger partial charge on any atom is -0.643 e. The van der Waals surface area contributed by atoms with Gasteiger partial charge in [-0.2, -0.15) is 0 Å². The molecule has 80 valence electrons. The third-order valence-electron chi connectivity index (χ3n) is 2.47. The van der Waals surface area contributed by atoms with Gasteiger partial charge in [0.25, 0.3) is 0 Å². The first-order chi connectivity index (χ1) is 6.38. The van der Waals surface area contributed by atoms with E-state index < -0.39 is 0 Å². The van der Waals surface area contributed by atoms with Crippen molar-refractivity contribution in [1.29, 1.82) is 0 Å². The van der Waals surface area contributed by atoms with Crippen LogP contribution in [0.1, 0.15) is 23.7 Å². The topological polar surface area (TPSA) is 26.1 Å². The molecule has 0 radical (unpaired) electrons. The van der Waals surface area contributed by atoms with Crippen LogP contribution in [-0.4, -0.2) is 13.1 Å². The second-order valence-corrected chi connectivity index (χ2v) is 3.47. The van der Waals surface area contributed by atoms with E-state index in [0.717, 1.165) is 13.1 Å². The van der Waals surface area contributed by atoms with Crippen molar-refractivity contribution < 1.29 is 21.1 Å². The van der Waals surface area contributed by atoms with Crippen LogP contribution in [-0.2, 0) is 21.1 Å². The molecule has 0 saturated carbocycles. The zero-order valence-corrected chi connectivity index (χ0v) is 10.5. The number of hydrogen-bond donors (Lipinski definition) is 1. The monoisotopic (exact) mass is 370 g/mol. The smallest absolute Gasteiger partial charge is 0 e. The van der Waals surface area contributed by atoms with Gasteiger partial charge in [0.2, 0.25) is 0 Å². The number of aryl methyl sites for hydroxylation is 1. The molecule has 2 nitrogen and oxygen atoms in total. The summed E-state index contributed by atoms with van der Waals surface area (Å²) < 4.78 is 0. The molecule has 0 amide bonds. The first-order valence-corrected chi connectivity index (χ1v) is 4.83. The molecule has 1 atom stereocenters. The molecule has 0 bridgehead atoms. The summed E-state index contributed by atoms with van der Waals surface area (Å²) in [4.78, 5) is 0. The number of benzene rings is 1. The van der Waals surface area contributed by atoms with Gasteiger partial charge in [0.05, 0.1) is 0 Å². The maximum Gasteiger partial charge on any atom is 0 e. The van der Waals surface area contributed by atoms with Crippen molar-refractivity contribution in [2.45, 2.75) is 19.5 Å². The van der Waals surface area contributed by atoms with Crippen molar-refractivity contribution >= 4 is 0 Å². The van der Waals surface area contributed by atoms with E-state index in [1.807, 2.05) is 0 Å². The number of rotatable bonds is 1. The second-order valence-electron chi connectivity index (χ2n) is 3.47. The Labute approximate surface area is 99.7 Å². The summed E-state index contributed by atoms with van der Waals surface area (Å²) in [5.41, 5.74) is 2.65. The molecule has 1 unspecified atom stereocenters. The van der Waals surface area contributed by atoms with Gasteiger partial charge in [-0.15, -0.1) is 6.54 Å². The van der Waals surface area contributed by atoms with E-state index in [9.17, 15) is 0 Å². The molecule has 1 fully saturated rings. The Morgan fingerprint density at radius 3 is 2.79 bits per heavy atom. The van der Waals surface area contributed by atoms with Gasteiger partial charge in [0, 0.05) is 21.1 Å². The van der Waals surface area contributed by atoms with Crippen LogP contribution < -0.4 is 5.32 Å². The van der Waals surface area contributed by atoms with Crippen LogP contribution in [0, 0.1) is 6.92 Å². The van der Waals surface area contributed by atoms with Crippen LogP contribution in [0.25, 0.3) is 5.32 Å². The summed E-state index contributed by atoms with van der Waals surface area (Å²) in [7, 11) is 0. The molecule has 2 rings (SSSR count). The molecule has 1 aromatic carbocycles. The van der Waals surface area contributed by atoms with Crippen LogP contribution in [0.4, 0.5) is 0 Å². The molecular formula is C11H15N2Pt-. The largest absolute Gasteiger partial charge is 0.643 e. The molecular weight excluding hydrogens is 355 g/mol. The molecule has 3 heteroatoms. The van der Waals surface area contributed by atoms with Crippen molar-refractivity contribution in [3.8, 4) is 0 Å². The van der Waals surface area contributed by atoms with Crippen molar-refractivity contribution in [3.63, 3.8) is 0 Å². The quantitative estimate of drug-likeness (QED) is 0.807. The van der Waals surface area contributed by atoms with Crippen LogP contribution in [0.15, 0.2) is 24.3 Å². The summed E-state index contributed by atoms with van der Waals surface area (Å²) in [5, 5.41) is 7.96. The van der Waals surface area contributed by atoms with Gasteiger partial charge in [0.1, 0.15) is 0 Å². The van der Waals surface area contributed by atoms with Crippen molar-refractivity contribution in [2.75, 3.05) is 13.1 Å². The Morgan fingerprint density at radius 1 is 1.36 bits per heavy atom. The number of nitrogens with one attached hydrogen (secondary N) is 1. The summed E-state index contributed by atoms with van der Waals surface area (Å²) in [5.74, 6) is 0. The SMILES string of the molecule is Cc1ccccc1C1[N-]CCCN1.[Pt]. The average molecular weight is 370 g/mol. The van der Waals surface area contributed by atoms with E-state index >= 15 is 0 Å². The normalized spacial score (nSPS) is 21.4. The third-order valence-corrected chi connectivity index (χ3v) is 2.47. The first-order valence-electron chi connectivity index (χ1n) is 4.83. The molecule has 1 aliphatic rings. The van der Waals surface area contributed by atoms with Gasteiger partial charge >= 0.3 is 0 Å². The standard InChI is InChI=1S/C11H15N2.Pt/c1-9-5-2-3-6-10(9)11-12-7-4-8-13-11;/h2-3,5-6,11-12H,4,7-8H2,1H3;/q-1;. The van der Waals surface area contributed by atoms with E-state index in [4.69, 9.17) is 0 Å². The van der Waals surface area contributed by atoms with Crippen LogP contribution in [0.5, 0.6) is 0 Å². The van der Waals surface area contributed by atoms with Crippen LogP contribution in [0.2, 0.25) is 0 Å². The maximum absolute atomic E-state index is 4.55. The average Bonchev–Trinajstić information content (AvgIpc) is 2.20. The fourth-order valence-electron chi connectivity index (χ4n) is 1.70. The van der Waals surface area contributed by atoms with E-state index in [1.165, 1.54) is 17.5 Å². The fraction of sp³-hybridized carbons (Fsp3) is 0.455. The van der Waals surface area contributed by atoms with Crippen molar-refractivity contribution in [3.05, 3.63) is 40.7 Å². The summed E-state index contributed by atoms with van der Waals surface area (Å²) in [6.45, 7) is 4.22. The van der Waals surface area contributed by atoms with Crippen molar-refractivity contribution in [1.82, 2.24) is 5.32 Å². The van der Waals surface area contributed by atoms with Gasteiger partial charge in [0.15, 0.2) is 0 Å². The Bertz CT molecular complexity index is 282. The predicted molar refractivity (Wildman–Crippen MR) is 54.8 cm³/mol. The number of nitrogens with zero attached hydrogens (tertiary/aromatic N) is 1. The van der Waals surface area contributed by atoms with Gasteiger partial charge in [-0.05, 0) is 24.6 Å². The Kier molecular flexibility index (Phi) is 4.80. The van der Waals surface area contributed by atoms with Gasteiger partial charge < -0.3 is 10.6 Å². The predicted octanol–water partition coefficient (Wildman–Crippen LogP) is 2.36. The van der Waals surface area contributed by atoms with E-state index in [-0.39, 0.29) is 27.2 Å². The summed E-state index contributed by atoms with van der Waals surface area (Å²) >= 11 is 0. The van der Waals surface area contributed by atoms with E-state index in [2.05, 4.69) is 41.8 Å². The molecule has 0 aromatic heterocycles. The Morgan fingerprint density at radius 2 is 2.14 bits per heavy atom. The minimum absolute atomic E-state index is 0. The summed E-state index contributed by atoms with van der Waals surface area (Å²) in [6.07, 6.45) is 1.40. The van der Waals surface area contributed by atoms with Gasteiger partial charge in [-0.3, -0.25) is 0 Å². The molecule has 1 aliphatic heterocycles. The molecule has 14 heavy (non-hydrogen) atoms. The minimum atomic E-state index is 0. The van der Waals surface area contributed by atoms with Crippen LogP contribution >= 0.6 is 0 Å². The second kappa shape index (κ2) is 5.65.